The third-order valence-electron chi connectivity index (χ3n) is 3.20. The van der Waals surface area contributed by atoms with Crippen molar-refractivity contribution in [2.24, 2.45) is 0 Å². The highest BCUT2D eigenvalue weighted by Crippen LogP contribution is 2.33. The van der Waals surface area contributed by atoms with Crippen LogP contribution in [0.2, 0.25) is 0 Å². The second-order valence-electron chi connectivity index (χ2n) is 6.08. The third-order valence-corrected chi connectivity index (χ3v) is 3.65. The van der Waals surface area contributed by atoms with E-state index in [0.717, 1.165) is 5.56 Å². The van der Waals surface area contributed by atoms with Crippen molar-refractivity contribution in [1.29, 1.82) is 0 Å². The Balaban J connectivity index is 2.29. The molecule has 1 heterocycles. The number of halogens is 2. The lowest BCUT2D eigenvalue weighted by Gasteiger charge is -2.34. The quantitative estimate of drug-likeness (QED) is 0.759. The molecule has 0 radical (unpaired) electrons. The number of hydrogen-bond donors (Lipinski definition) is 0. The summed E-state index contributed by atoms with van der Waals surface area (Å²) < 4.78 is 25.7. The minimum absolute atomic E-state index is 0.251. The molecule has 0 bridgehead atoms. The number of fused-ring (bicyclic) bond motifs is 1. The van der Waals surface area contributed by atoms with Gasteiger partial charge in [-0.2, -0.15) is 0 Å². The van der Waals surface area contributed by atoms with Crippen LogP contribution in [0.5, 0.6) is 0 Å². The molecule has 4 nitrogen and oxygen atoms in total. The number of benzene rings is 1. The largest absolute Gasteiger partial charge is 0.444 e. The van der Waals surface area contributed by atoms with E-state index in [1.165, 1.54) is 11.0 Å². The van der Waals surface area contributed by atoms with Crippen LogP contribution in [-0.2, 0) is 16.1 Å². The number of nitrogens with zero attached hydrogens (tertiary/aromatic N) is 1. The first-order chi connectivity index (χ1) is 9.69. The number of rotatable bonds is 1. The normalized spacial score (nSPS) is 18.1. The molecule has 1 aliphatic rings. The van der Waals surface area contributed by atoms with Crippen LogP contribution in [0.25, 0.3) is 0 Å². The summed E-state index contributed by atoms with van der Waals surface area (Å²) in [6.07, 6.45) is -0.494. The maximum Gasteiger partial charge on any atom is 0.410 e. The Labute approximate surface area is 132 Å². The Kier molecular flexibility index (Phi) is 4.58. The van der Waals surface area contributed by atoms with E-state index < -0.39 is 17.7 Å². The highest BCUT2D eigenvalue weighted by molar-refractivity contribution is 9.10. The Hall–Kier alpha value is -1.14. The molecule has 21 heavy (non-hydrogen) atoms. The van der Waals surface area contributed by atoms with Gasteiger partial charge in [0, 0.05) is 17.1 Å². The summed E-state index contributed by atoms with van der Waals surface area (Å²) in [6.45, 7) is 5.97. The molecule has 0 saturated heterocycles. The highest BCUT2D eigenvalue weighted by atomic mass is 79.9. The zero-order valence-electron chi connectivity index (χ0n) is 12.6. The number of carbonyl (C=O) groups excluding carboxylic acids is 1. The maximum absolute atomic E-state index is 14.3. The molecule has 1 amide bonds. The van der Waals surface area contributed by atoms with Crippen LogP contribution in [0, 0.1) is 5.82 Å². The number of likely N-dealkylation sites (N-methyl/N-ethyl adjacent to an activating group) is 1. The van der Waals surface area contributed by atoms with E-state index in [-0.39, 0.29) is 12.4 Å². The van der Waals surface area contributed by atoms with Crippen LogP contribution in [0.3, 0.4) is 0 Å². The first-order valence-electron chi connectivity index (χ1n) is 6.70. The average molecular weight is 360 g/mol. The van der Waals surface area contributed by atoms with Crippen LogP contribution >= 0.6 is 15.9 Å². The van der Waals surface area contributed by atoms with Crippen molar-refractivity contribution in [3.8, 4) is 0 Å². The third kappa shape index (κ3) is 3.74. The lowest BCUT2D eigenvalue weighted by Crippen LogP contribution is -2.40. The zero-order chi connectivity index (χ0) is 15.8. The first kappa shape index (κ1) is 16.2. The van der Waals surface area contributed by atoms with Crippen molar-refractivity contribution < 1.29 is 18.7 Å². The summed E-state index contributed by atoms with van der Waals surface area (Å²) >= 11 is 3.27. The molecule has 116 valence electrons. The van der Waals surface area contributed by atoms with Gasteiger partial charge in [-0.1, -0.05) is 15.9 Å². The second-order valence-corrected chi connectivity index (χ2v) is 7.00. The number of hydrogen-bond acceptors (Lipinski definition) is 3. The van der Waals surface area contributed by atoms with Crippen LogP contribution in [0.4, 0.5) is 9.18 Å². The maximum atomic E-state index is 14.3. The van der Waals surface area contributed by atoms with Crippen LogP contribution in [-0.4, -0.2) is 30.2 Å². The van der Waals surface area contributed by atoms with Gasteiger partial charge in [0.2, 0.25) is 0 Å². The lowest BCUT2D eigenvalue weighted by atomic mass is 9.97. The standard InChI is InChI=1S/C15H19BrFNO3/c1-15(2,3)21-14(19)18(4)12-8-20-7-9-5-10(16)6-11(17)13(9)12/h5-6,12H,7-8H2,1-4H3/t12-/m1/s1. The topological polar surface area (TPSA) is 38.8 Å². The number of amides is 1. The molecule has 0 N–H and O–H groups in total. The van der Waals surface area contributed by atoms with E-state index in [9.17, 15) is 9.18 Å². The van der Waals surface area contributed by atoms with Crippen LogP contribution in [0.1, 0.15) is 37.9 Å². The summed E-state index contributed by atoms with van der Waals surface area (Å²) in [4.78, 5) is 13.6. The molecule has 0 aliphatic carbocycles. The molecule has 1 aliphatic heterocycles. The van der Waals surface area contributed by atoms with Gasteiger partial charge >= 0.3 is 6.09 Å². The van der Waals surface area contributed by atoms with Gasteiger partial charge in [0.25, 0.3) is 0 Å². The Morgan fingerprint density at radius 2 is 2.14 bits per heavy atom. The molecule has 1 aromatic carbocycles. The van der Waals surface area contributed by atoms with Gasteiger partial charge < -0.3 is 14.4 Å². The molecule has 0 spiro atoms. The van der Waals surface area contributed by atoms with E-state index >= 15 is 0 Å². The van der Waals surface area contributed by atoms with E-state index in [1.54, 1.807) is 27.8 Å². The molecule has 1 atom stereocenters. The highest BCUT2D eigenvalue weighted by Gasteiger charge is 2.32. The summed E-state index contributed by atoms with van der Waals surface area (Å²) in [5.41, 5.74) is 0.647. The summed E-state index contributed by atoms with van der Waals surface area (Å²) in [6, 6.07) is 2.73. The van der Waals surface area contributed by atoms with Gasteiger partial charge in [0.15, 0.2) is 0 Å². The predicted molar refractivity (Wildman–Crippen MR) is 80.5 cm³/mol. The summed E-state index contributed by atoms with van der Waals surface area (Å²) in [7, 11) is 1.60. The molecule has 2 rings (SSSR count). The minimum atomic E-state index is -0.595. The van der Waals surface area contributed by atoms with E-state index in [1.807, 2.05) is 6.07 Å². The van der Waals surface area contributed by atoms with Crippen molar-refractivity contribution in [2.75, 3.05) is 13.7 Å². The molecule has 0 aromatic heterocycles. The zero-order valence-corrected chi connectivity index (χ0v) is 14.2. The van der Waals surface area contributed by atoms with Crippen molar-refractivity contribution in [3.63, 3.8) is 0 Å². The monoisotopic (exact) mass is 359 g/mol. The molecule has 0 unspecified atom stereocenters. The number of ether oxygens (including phenoxy) is 2. The van der Waals surface area contributed by atoms with Crippen molar-refractivity contribution in [1.82, 2.24) is 4.90 Å². The molecular weight excluding hydrogens is 341 g/mol. The first-order valence-corrected chi connectivity index (χ1v) is 7.49. The van der Waals surface area contributed by atoms with Gasteiger partial charge in [0.05, 0.1) is 19.3 Å². The fraction of sp³-hybridized carbons (Fsp3) is 0.533. The molecule has 0 saturated carbocycles. The molecular formula is C15H19BrFNO3. The van der Waals surface area contributed by atoms with Crippen LogP contribution in [0.15, 0.2) is 16.6 Å². The Morgan fingerprint density at radius 1 is 1.48 bits per heavy atom. The molecule has 0 fully saturated rings. The van der Waals surface area contributed by atoms with E-state index in [4.69, 9.17) is 9.47 Å². The smallest absolute Gasteiger partial charge is 0.410 e. The average Bonchev–Trinajstić information content (AvgIpc) is 2.34. The van der Waals surface area contributed by atoms with E-state index in [0.29, 0.717) is 16.6 Å². The van der Waals surface area contributed by atoms with Crippen molar-refractivity contribution in [2.45, 2.75) is 39.0 Å². The molecule has 6 heteroatoms. The fourth-order valence-corrected chi connectivity index (χ4v) is 2.74. The Bertz CT molecular complexity index is 557. The number of carbonyl (C=O) groups is 1. The summed E-state index contributed by atoms with van der Waals surface area (Å²) in [5, 5.41) is 0. The van der Waals surface area contributed by atoms with Crippen molar-refractivity contribution in [3.05, 3.63) is 33.5 Å². The van der Waals surface area contributed by atoms with Gasteiger partial charge in [-0.3, -0.25) is 0 Å². The van der Waals surface area contributed by atoms with Gasteiger partial charge in [-0.25, -0.2) is 9.18 Å². The Morgan fingerprint density at radius 3 is 2.76 bits per heavy atom. The van der Waals surface area contributed by atoms with Gasteiger partial charge in [-0.05, 0) is 38.5 Å². The van der Waals surface area contributed by atoms with Crippen LogP contribution < -0.4 is 0 Å². The fourth-order valence-electron chi connectivity index (χ4n) is 2.26. The molecule has 1 aromatic rings. The summed E-state index contributed by atoms with van der Waals surface area (Å²) in [5.74, 6) is -0.344. The minimum Gasteiger partial charge on any atom is -0.444 e. The van der Waals surface area contributed by atoms with Gasteiger partial charge in [0.1, 0.15) is 11.4 Å². The second kappa shape index (κ2) is 5.93. The van der Waals surface area contributed by atoms with E-state index in [2.05, 4.69) is 15.9 Å². The van der Waals surface area contributed by atoms with Crippen molar-refractivity contribution >= 4 is 22.0 Å². The lowest BCUT2D eigenvalue weighted by molar-refractivity contribution is -0.00124. The SMILES string of the molecule is CN(C(=O)OC(C)(C)C)[C@@H]1COCc2cc(Br)cc(F)c21. The van der Waals surface area contributed by atoms with Gasteiger partial charge in [-0.15, -0.1) is 0 Å². The predicted octanol–water partition coefficient (Wildman–Crippen LogP) is 4.03.